The van der Waals surface area contributed by atoms with Crippen molar-refractivity contribution in [1.82, 2.24) is 0 Å². The van der Waals surface area contributed by atoms with E-state index in [-0.39, 0.29) is 11.1 Å². The van der Waals surface area contributed by atoms with Gasteiger partial charge in [-0.1, -0.05) is 13.8 Å². The normalized spacial score (nSPS) is 33.4. The quantitative estimate of drug-likeness (QED) is 0.276. The van der Waals surface area contributed by atoms with Crippen LogP contribution in [0.25, 0.3) is 0 Å². The van der Waals surface area contributed by atoms with Crippen molar-refractivity contribution in [3.63, 3.8) is 0 Å². The van der Waals surface area contributed by atoms with Gasteiger partial charge in [0.25, 0.3) is 0 Å². The number of ether oxygens (including phenoxy) is 7. The van der Waals surface area contributed by atoms with Crippen LogP contribution in [-0.2, 0) is 52.3 Å². The molecule has 16 nitrogen and oxygen atoms in total. The van der Waals surface area contributed by atoms with Crippen molar-refractivity contribution in [3.05, 3.63) is 48.3 Å². The minimum absolute atomic E-state index is 0.0437. The molecule has 2 saturated carbocycles. The molecule has 1 saturated heterocycles. The summed E-state index contributed by atoms with van der Waals surface area (Å²) in [7, 11) is 0. The van der Waals surface area contributed by atoms with E-state index < -0.39 is 113 Å². The lowest BCUT2D eigenvalue weighted by Crippen LogP contribution is -2.85. The first-order valence-corrected chi connectivity index (χ1v) is 16.4. The Labute approximate surface area is 292 Å². The molecular weight excluding hydrogens is 676 g/mol. The summed E-state index contributed by atoms with van der Waals surface area (Å²) in [4.78, 5) is 79.6. The van der Waals surface area contributed by atoms with Crippen LogP contribution in [0.2, 0.25) is 0 Å². The molecule has 2 bridgehead atoms. The molecule has 278 valence electrons. The number of carbonyl (C=O) groups is 6. The van der Waals surface area contributed by atoms with E-state index in [9.17, 15) is 33.9 Å². The van der Waals surface area contributed by atoms with Gasteiger partial charge in [0.2, 0.25) is 0 Å². The molecule has 0 aromatic carbocycles. The van der Waals surface area contributed by atoms with Crippen molar-refractivity contribution < 1.29 is 75.9 Å². The van der Waals surface area contributed by atoms with Crippen molar-refractivity contribution in [1.29, 1.82) is 0 Å². The van der Waals surface area contributed by atoms with Crippen LogP contribution in [-0.4, -0.2) is 94.9 Å². The van der Waals surface area contributed by atoms with Gasteiger partial charge in [-0.25, -0.2) is 9.59 Å². The lowest BCUT2D eigenvalue weighted by Gasteiger charge is -2.66. The molecule has 3 heterocycles. The molecule has 1 spiro atoms. The number of hydrogen-bond donors (Lipinski definition) is 1. The summed E-state index contributed by atoms with van der Waals surface area (Å²) in [5.41, 5.74) is -8.47. The molecule has 5 rings (SSSR count). The third-order valence-electron chi connectivity index (χ3n) is 9.87. The first kappa shape index (κ1) is 37.6. The minimum Gasteiger partial charge on any atom is -0.472 e. The maximum absolute atomic E-state index is 14.0. The first-order valence-electron chi connectivity index (χ1n) is 16.4. The Morgan fingerprint density at radius 3 is 1.80 bits per heavy atom. The van der Waals surface area contributed by atoms with Crippen molar-refractivity contribution in [2.45, 2.75) is 109 Å². The van der Waals surface area contributed by atoms with E-state index in [2.05, 4.69) is 0 Å². The van der Waals surface area contributed by atoms with Crippen LogP contribution in [0.1, 0.15) is 82.5 Å². The first-order chi connectivity index (χ1) is 23.8. The minimum atomic E-state index is -2.35. The molecule has 0 amide bonds. The Hall–Kier alpha value is -4.70. The van der Waals surface area contributed by atoms with Crippen molar-refractivity contribution in [2.24, 2.45) is 17.3 Å². The lowest BCUT2D eigenvalue weighted by atomic mass is 9.45. The van der Waals surface area contributed by atoms with Gasteiger partial charge in [-0.2, -0.15) is 0 Å². The van der Waals surface area contributed by atoms with Crippen molar-refractivity contribution in [3.8, 4) is 0 Å². The highest BCUT2D eigenvalue weighted by atomic mass is 16.7. The maximum atomic E-state index is 14.0. The van der Waals surface area contributed by atoms with Gasteiger partial charge in [-0.15, -0.1) is 0 Å². The van der Waals surface area contributed by atoms with Crippen LogP contribution < -0.4 is 0 Å². The van der Waals surface area contributed by atoms with Gasteiger partial charge >= 0.3 is 35.8 Å². The Morgan fingerprint density at radius 2 is 1.31 bits per heavy atom. The third-order valence-corrected chi connectivity index (χ3v) is 9.87. The molecular formula is C35H42O16. The summed E-state index contributed by atoms with van der Waals surface area (Å²) < 4.78 is 53.0. The Morgan fingerprint density at radius 1 is 0.784 bits per heavy atom. The molecule has 1 aliphatic heterocycles. The number of rotatable bonds is 10. The number of aliphatic hydroxyl groups is 1. The maximum Gasteiger partial charge on any atom is 0.341 e. The van der Waals surface area contributed by atoms with E-state index in [1.807, 2.05) is 0 Å². The van der Waals surface area contributed by atoms with E-state index in [1.54, 1.807) is 27.7 Å². The summed E-state index contributed by atoms with van der Waals surface area (Å²) in [6.07, 6.45) is -4.13. The summed E-state index contributed by atoms with van der Waals surface area (Å²) in [5.74, 6) is -7.29. The fourth-order valence-corrected chi connectivity index (χ4v) is 8.14. The van der Waals surface area contributed by atoms with Crippen molar-refractivity contribution >= 4 is 35.8 Å². The molecule has 3 aliphatic rings. The molecule has 3 fully saturated rings. The molecule has 9 unspecified atom stereocenters. The van der Waals surface area contributed by atoms with Gasteiger partial charge in [0.1, 0.15) is 42.9 Å². The van der Waals surface area contributed by atoms with E-state index in [0.717, 1.165) is 33.3 Å². The number of fused-ring (bicyclic) bond motifs is 1. The Kier molecular flexibility index (Phi) is 9.90. The summed E-state index contributed by atoms with van der Waals surface area (Å²) in [6, 6.07) is 2.63. The summed E-state index contributed by atoms with van der Waals surface area (Å²) >= 11 is 0. The van der Waals surface area contributed by atoms with Gasteiger partial charge < -0.3 is 47.1 Å². The molecule has 2 aliphatic carbocycles. The molecule has 9 atom stereocenters. The van der Waals surface area contributed by atoms with Crippen molar-refractivity contribution in [2.75, 3.05) is 6.61 Å². The van der Waals surface area contributed by atoms with E-state index in [0.29, 0.717) is 0 Å². The average molecular weight is 719 g/mol. The zero-order valence-electron chi connectivity index (χ0n) is 29.5. The van der Waals surface area contributed by atoms with Gasteiger partial charge in [0.05, 0.1) is 46.7 Å². The van der Waals surface area contributed by atoms with E-state index in [4.69, 9.17) is 42.0 Å². The van der Waals surface area contributed by atoms with Crippen LogP contribution in [0.3, 0.4) is 0 Å². The van der Waals surface area contributed by atoms with Gasteiger partial charge in [0.15, 0.2) is 17.8 Å². The lowest BCUT2D eigenvalue weighted by molar-refractivity contribution is -0.363. The standard InChI is InChI=1S/C35H42O16/c1-17(2)29(39)45-16-34-26(47-19(4)37)23(46-18(3)36)13-33(8,42)35(34)27(48-20(5)38)24(32(6,7)51-35)25(49-30(40)21-9-11-43-14-21)28(34)50-31(41)22-10-12-44-15-22/h9-12,14-15,17,23-28,42H,13,16H2,1-8H3. The molecule has 2 aromatic rings. The highest BCUT2D eigenvalue weighted by Gasteiger charge is 2.89. The second kappa shape index (κ2) is 13.5. The fraction of sp³-hybridized carbons (Fsp3) is 0.600. The monoisotopic (exact) mass is 718 g/mol. The molecule has 16 heteroatoms. The number of carbonyl (C=O) groups excluding carboxylic acids is 6. The van der Waals surface area contributed by atoms with Gasteiger partial charge in [-0.3, -0.25) is 19.2 Å². The smallest absolute Gasteiger partial charge is 0.341 e. The zero-order chi connectivity index (χ0) is 37.7. The SMILES string of the molecule is CC(=O)OC1CC(C)(O)C23OC(C)(C)C(C(OC(=O)c4ccoc4)C(OC(=O)c4ccoc4)C2(COC(=O)C(C)C)C1OC(C)=O)C3OC(C)=O. The van der Waals surface area contributed by atoms with Crippen LogP contribution in [0.4, 0.5) is 0 Å². The molecule has 51 heavy (non-hydrogen) atoms. The highest BCUT2D eigenvalue weighted by molar-refractivity contribution is 5.90. The molecule has 1 N–H and O–H groups in total. The number of hydrogen-bond acceptors (Lipinski definition) is 16. The van der Waals surface area contributed by atoms with Crippen LogP contribution in [0.15, 0.2) is 46.0 Å². The number of esters is 6. The van der Waals surface area contributed by atoms with Gasteiger partial charge in [-0.05, 0) is 32.9 Å². The molecule has 0 radical (unpaired) electrons. The third kappa shape index (κ3) is 6.28. The van der Waals surface area contributed by atoms with Crippen LogP contribution in [0.5, 0.6) is 0 Å². The second-order valence-electron chi connectivity index (χ2n) is 14.2. The highest BCUT2D eigenvalue weighted by Crippen LogP contribution is 2.69. The van der Waals surface area contributed by atoms with E-state index in [1.165, 1.54) is 31.6 Å². The summed E-state index contributed by atoms with van der Waals surface area (Å²) in [5, 5.41) is 12.7. The molecule has 2 aromatic heterocycles. The largest absolute Gasteiger partial charge is 0.472 e. The predicted molar refractivity (Wildman–Crippen MR) is 167 cm³/mol. The van der Waals surface area contributed by atoms with E-state index >= 15 is 0 Å². The zero-order valence-corrected chi connectivity index (χ0v) is 29.5. The average Bonchev–Trinajstić information content (AvgIpc) is 3.77. The topological polar surface area (TPSA) is 214 Å². The summed E-state index contributed by atoms with van der Waals surface area (Å²) in [6.45, 7) is 10.0. The van der Waals surface area contributed by atoms with Crippen LogP contribution in [0, 0.1) is 17.3 Å². The van der Waals surface area contributed by atoms with Gasteiger partial charge in [0, 0.05) is 27.2 Å². The predicted octanol–water partition coefficient (Wildman–Crippen LogP) is 2.94. The number of furan rings is 2. The second-order valence-corrected chi connectivity index (χ2v) is 14.2. The Balaban J connectivity index is 1.91. The fourth-order valence-electron chi connectivity index (χ4n) is 8.14. The van der Waals surface area contributed by atoms with Crippen LogP contribution >= 0.6 is 0 Å². The Bertz CT molecular complexity index is 1660.